The van der Waals surface area contributed by atoms with Crippen LogP contribution in [0.25, 0.3) is 11.3 Å². The van der Waals surface area contributed by atoms with Crippen LogP contribution in [0, 0.1) is 12.7 Å². The average molecular weight is 319 g/mol. The van der Waals surface area contributed by atoms with Crippen LogP contribution < -0.4 is 0 Å². The third kappa shape index (κ3) is 3.02. The van der Waals surface area contributed by atoms with Crippen LogP contribution in [-0.2, 0) is 6.18 Å². The summed E-state index contributed by atoms with van der Waals surface area (Å²) in [5.74, 6) is -1.23. The van der Waals surface area contributed by atoms with Gasteiger partial charge in [0.05, 0.1) is 16.8 Å². The summed E-state index contributed by atoms with van der Waals surface area (Å²) in [4.78, 5) is 18.7. The lowest BCUT2D eigenvalue weighted by atomic mass is 10.0. The van der Waals surface area contributed by atoms with E-state index in [1.165, 1.54) is 6.92 Å². The van der Waals surface area contributed by atoms with E-state index in [2.05, 4.69) is 9.97 Å². The number of rotatable bonds is 2. The molecule has 2 rings (SSSR count). The molecule has 0 radical (unpaired) electrons. The molecule has 1 aromatic heterocycles. The lowest BCUT2D eigenvalue weighted by molar-refractivity contribution is -0.139. The monoisotopic (exact) mass is 318 g/mol. The summed E-state index contributed by atoms with van der Waals surface area (Å²) in [6.45, 7) is 1.47. The molecule has 0 unspecified atom stereocenters. The van der Waals surface area contributed by atoms with Crippen LogP contribution >= 0.6 is 11.6 Å². The number of hydrogen-bond donors (Lipinski definition) is 0. The molecule has 1 heterocycles. The zero-order chi connectivity index (χ0) is 15.8. The molecule has 0 spiro atoms. The van der Waals surface area contributed by atoms with E-state index in [0.29, 0.717) is 18.4 Å². The van der Waals surface area contributed by atoms with Gasteiger partial charge in [-0.05, 0) is 25.1 Å². The molecular weight excluding hydrogens is 312 g/mol. The average Bonchev–Trinajstić information content (AvgIpc) is 2.37. The van der Waals surface area contributed by atoms with E-state index in [1.54, 1.807) is 0 Å². The maximum Gasteiger partial charge on any atom is 0.419 e. The van der Waals surface area contributed by atoms with Crippen molar-refractivity contribution in [2.24, 2.45) is 0 Å². The van der Waals surface area contributed by atoms with Gasteiger partial charge in [0.25, 0.3) is 0 Å². The molecule has 0 aliphatic heterocycles. The first-order chi connectivity index (χ1) is 9.74. The third-order valence-electron chi connectivity index (χ3n) is 2.67. The minimum atomic E-state index is -4.85. The second kappa shape index (κ2) is 5.40. The first-order valence-electron chi connectivity index (χ1n) is 5.60. The SMILES string of the molecule is Cc1nc(Cl)c(C=O)c(-c2ccc(F)c(C(F)(F)F)c2)n1. The van der Waals surface area contributed by atoms with Crippen molar-refractivity contribution in [1.29, 1.82) is 0 Å². The Morgan fingerprint density at radius 1 is 1.24 bits per heavy atom. The van der Waals surface area contributed by atoms with Crippen molar-refractivity contribution in [3.8, 4) is 11.3 Å². The zero-order valence-electron chi connectivity index (χ0n) is 10.5. The predicted molar refractivity (Wildman–Crippen MR) is 67.6 cm³/mol. The van der Waals surface area contributed by atoms with Gasteiger partial charge in [0.1, 0.15) is 16.8 Å². The van der Waals surface area contributed by atoms with E-state index in [-0.39, 0.29) is 27.8 Å². The highest BCUT2D eigenvalue weighted by Crippen LogP contribution is 2.35. The molecule has 3 nitrogen and oxygen atoms in total. The van der Waals surface area contributed by atoms with Crippen molar-refractivity contribution in [2.45, 2.75) is 13.1 Å². The largest absolute Gasteiger partial charge is 0.419 e. The van der Waals surface area contributed by atoms with Gasteiger partial charge in [-0.15, -0.1) is 0 Å². The minimum absolute atomic E-state index is 0.0711. The molecule has 0 amide bonds. The molecular formula is C13H7ClF4N2O. The van der Waals surface area contributed by atoms with Crippen LogP contribution in [0.1, 0.15) is 21.7 Å². The Morgan fingerprint density at radius 2 is 1.90 bits per heavy atom. The van der Waals surface area contributed by atoms with Gasteiger partial charge in [0, 0.05) is 5.56 Å². The third-order valence-corrected chi connectivity index (χ3v) is 2.96. The lowest BCUT2D eigenvalue weighted by Gasteiger charge is -2.11. The van der Waals surface area contributed by atoms with Gasteiger partial charge in [-0.25, -0.2) is 14.4 Å². The summed E-state index contributed by atoms with van der Waals surface area (Å²) in [6.07, 6.45) is -4.51. The van der Waals surface area contributed by atoms with E-state index in [0.717, 1.165) is 6.07 Å². The topological polar surface area (TPSA) is 42.9 Å². The molecule has 0 bridgehead atoms. The Morgan fingerprint density at radius 3 is 2.48 bits per heavy atom. The van der Waals surface area contributed by atoms with E-state index in [9.17, 15) is 22.4 Å². The molecule has 0 aliphatic rings. The molecule has 21 heavy (non-hydrogen) atoms. The van der Waals surface area contributed by atoms with E-state index < -0.39 is 17.6 Å². The fourth-order valence-electron chi connectivity index (χ4n) is 1.76. The van der Waals surface area contributed by atoms with E-state index >= 15 is 0 Å². The number of aromatic nitrogens is 2. The quantitative estimate of drug-likeness (QED) is 0.476. The number of aryl methyl sites for hydroxylation is 1. The normalized spacial score (nSPS) is 11.5. The summed E-state index contributed by atoms with van der Waals surface area (Å²) in [5, 5.41) is -0.176. The lowest BCUT2D eigenvalue weighted by Crippen LogP contribution is -2.09. The number of alkyl halides is 3. The van der Waals surface area contributed by atoms with Gasteiger partial charge >= 0.3 is 6.18 Å². The van der Waals surface area contributed by atoms with Crippen molar-refractivity contribution in [1.82, 2.24) is 9.97 Å². The number of benzene rings is 1. The minimum Gasteiger partial charge on any atom is -0.298 e. The van der Waals surface area contributed by atoms with Gasteiger partial charge in [-0.3, -0.25) is 4.79 Å². The Balaban J connectivity index is 2.71. The van der Waals surface area contributed by atoms with Crippen LogP contribution in [0.3, 0.4) is 0 Å². The second-order valence-electron chi connectivity index (χ2n) is 4.13. The molecule has 2 aromatic rings. The molecule has 110 valence electrons. The molecule has 8 heteroatoms. The summed E-state index contributed by atoms with van der Waals surface area (Å²) < 4.78 is 51.4. The van der Waals surface area contributed by atoms with Gasteiger partial charge in [0.15, 0.2) is 6.29 Å². The number of hydrogen-bond acceptors (Lipinski definition) is 3. The molecule has 0 fully saturated rings. The number of carbonyl (C=O) groups is 1. The van der Waals surface area contributed by atoms with Crippen molar-refractivity contribution < 1.29 is 22.4 Å². The van der Waals surface area contributed by atoms with Gasteiger partial charge in [0.2, 0.25) is 0 Å². The molecule has 0 N–H and O–H groups in total. The number of carbonyl (C=O) groups excluding carboxylic acids is 1. The van der Waals surface area contributed by atoms with Crippen LogP contribution in [-0.4, -0.2) is 16.3 Å². The van der Waals surface area contributed by atoms with Gasteiger partial charge < -0.3 is 0 Å². The Bertz CT molecular complexity index is 716. The highest BCUT2D eigenvalue weighted by atomic mass is 35.5. The Labute approximate surface area is 121 Å². The first-order valence-corrected chi connectivity index (χ1v) is 5.98. The van der Waals surface area contributed by atoms with Crippen molar-refractivity contribution in [3.63, 3.8) is 0 Å². The van der Waals surface area contributed by atoms with Crippen LogP contribution in [0.5, 0.6) is 0 Å². The van der Waals surface area contributed by atoms with Crippen molar-refractivity contribution >= 4 is 17.9 Å². The summed E-state index contributed by atoms with van der Waals surface area (Å²) in [5.41, 5.74) is -1.74. The van der Waals surface area contributed by atoms with Gasteiger partial charge in [-0.1, -0.05) is 11.6 Å². The molecule has 0 saturated carbocycles. The van der Waals surface area contributed by atoms with Gasteiger partial charge in [-0.2, -0.15) is 13.2 Å². The second-order valence-corrected chi connectivity index (χ2v) is 4.49. The maximum atomic E-state index is 13.3. The molecule has 0 saturated heterocycles. The van der Waals surface area contributed by atoms with E-state index in [4.69, 9.17) is 11.6 Å². The molecule has 0 aliphatic carbocycles. The summed E-state index contributed by atoms with van der Waals surface area (Å²) in [6, 6.07) is 2.34. The number of nitrogens with zero attached hydrogens (tertiary/aromatic N) is 2. The van der Waals surface area contributed by atoms with Crippen LogP contribution in [0.4, 0.5) is 17.6 Å². The highest BCUT2D eigenvalue weighted by Gasteiger charge is 2.34. The summed E-state index contributed by atoms with van der Waals surface area (Å²) in [7, 11) is 0. The van der Waals surface area contributed by atoms with E-state index in [1.807, 2.05) is 0 Å². The fraction of sp³-hybridized carbons (Fsp3) is 0.154. The van der Waals surface area contributed by atoms with Crippen molar-refractivity contribution in [3.05, 3.63) is 46.1 Å². The maximum absolute atomic E-state index is 13.3. The van der Waals surface area contributed by atoms with Crippen molar-refractivity contribution in [2.75, 3.05) is 0 Å². The fourth-order valence-corrected chi connectivity index (χ4v) is 2.02. The standard InChI is InChI=1S/C13H7ClF4N2O/c1-6-19-11(8(5-21)12(14)20-6)7-2-3-10(15)9(4-7)13(16,17)18/h2-5H,1H3. The molecule has 1 aromatic carbocycles. The number of aldehydes is 1. The van der Waals surface area contributed by atoms with Crippen LogP contribution in [0.2, 0.25) is 5.15 Å². The Kier molecular flexibility index (Phi) is 3.95. The highest BCUT2D eigenvalue weighted by molar-refractivity contribution is 6.32. The zero-order valence-corrected chi connectivity index (χ0v) is 11.3. The van der Waals surface area contributed by atoms with Crippen LogP contribution in [0.15, 0.2) is 18.2 Å². The molecule has 0 atom stereocenters. The predicted octanol–water partition coefficient (Wildman–Crippen LogP) is 4.08. The smallest absolute Gasteiger partial charge is 0.298 e. The first kappa shape index (κ1) is 15.4. The number of halogens is 5. The summed E-state index contributed by atoms with van der Waals surface area (Å²) >= 11 is 5.77. The Hall–Kier alpha value is -2.02.